The van der Waals surface area contributed by atoms with Crippen molar-refractivity contribution in [1.82, 2.24) is 4.90 Å². The molecule has 1 fully saturated rings. The van der Waals surface area contributed by atoms with Crippen LogP contribution in [0.5, 0.6) is 0 Å². The van der Waals surface area contributed by atoms with E-state index in [4.69, 9.17) is 0 Å². The van der Waals surface area contributed by atoms with E-state index in [1.807, 2.05) is 6.07 Å². The number of rotatable bonds is 3. The molecule has 2 atom stereocenters. The van der Waals surface area contributed by atoms with Crippen molar-refractivity contribution in [3.05, 3.63) is 29.6 Å². The van der Waals surface area contributed by atoms with Crippen LogP contribution in [0.4, 0.5) is 10.1 Å². The van der Waals surface area contributed by atoms with Crippen LogP contribution in [0, 0.1) is 5.82 Å². The number of nitrogens with zero attached hydrogens (tertiary/aromatic N) is 2. The molecule has 2 rings (SSSR count). The third-order valence-corrected chi connectivity index (χ3v) is 3.92. The molecule has 1 N–H and O–H groups in total. The van der Waals surface area contributed by atoms with Crippen LogP contribution in [-0.4, -0.2) is 43.2 Å². The lowest BCUT2D eigenvalue weighted by atomic mass is 10.0. The molecule has 1 aromatic carbocycles. The summed E-state index contributed by atoms with van der Waals surface area (Å²) in [5, 5.41) is 9.81. The zero-order valence-electron chi connectivity index (χ0n) is 11.9. The number of anilines is 1. The van der Waals surface area contributed by atoms with Gasteiger partial charge < -0.3 is 14.9 Å². The van der Waals surface area contributed by atoms with E-state index >= 15 is 0 Å². The number of hydrogen-bond donors (Lipinski definition) is 1. The SMILES string of the molecule is C[C@@H](O)c1c(F)cccc1N1CCCC(N(C)C)C1. The second-order valence-electron chi connectivity index (χ2n) is 5.55. The van der Waals surface area contributed by atoms with Crippen LogP contribution in [-0.2, 0) is 0 Å². The Morgan fingerprint density at radius 2 is 2.16 bits per heavy atom. The average molecular weight is 266 g/mol. The van der Waals surface area contributed by atoms with E-state index in [1.165, 1.54) is 12.5 Å². The Morgan fingerprint density at radius 1 is 1.42 bits per heavy atom. The Balaban J connectivity index is 2.28. The molecule has 3 nitrogen and oxygen atoms in total. The standard InChI is InChI=1S/C15H23FN2O/c1-11(19)15-13(16)7-4-8-14(15)18-9-5-6-12(10-18)17(2)3/h4,7-8,11-12,19H,5-6,9-10H2,1-3H3/t11-,12?/m1/s1. The maximum absolute atomic E-state index is 13.9. The second-order valence-corrected chi connectivity index (χ2v) is 5.55. The van der Waals surface area contributed by atoms with Crippen LogP contribution < -0.4 is 4.90 Å². The molecular formula is C15H23FN2O. The van der Waals surface area contributed by atoms with Gasteiger partial charge in [0, 0.05) is 30.4 Å². The first-order valence-electron chi connectivity index (χ1n) is 6.88. The Bertz CT molecular complexity index is 434. The van der Waals surface area contributed by atoms with Crippen molar-refractivity contribution in [2.45, 2.75) is 31.9 Å². The van der Waals surface area contributed by atoms with Crippen LogP contribution in [0.15, 0.2) is 18.2 Å². The van der Waals surface area contributed by atoms with E-state index < -0.39 is 6.10 Å². The summed E-state index contributed by atoms with van der Waals surface area (Å²) < 4.78 is 13.9. The molecule has 1 heterocycles. The van der Waals surface area contributed by atoms with E-state index in [1.54, 1.807) is 13.0 Å². The minimum Gasteiger partial charge on any atom is -0.389 e. The molecule has 4 heteroatoms. The maximum atomic E-state index is 13.9. The smallest absolute Gasteiger partial charge is 0.131 e. The first kappa shape index (κ1) is 14.3. The molecule has 0 radical (unpaired) electrons. The van der Waals surface area contributed by atoms with Gasteiger partial charge in [-0.3, -0.25) is 0 Å². The quantitative estimate of drug-likeness (QED) is 0.910. The molecule has 1 aromatic rings. The highest BCUT2D eigenvalue weighted by Crippen LogP contribution is 2.31. The average Bonchev–Trinajstić information content (AvgIpc) is 2.38. The van der Waals surface area contributed by atoms with Gasteiger partial charge in [0.15, 0.2) is 0 Å². The summed E-state index contributed by atoms with van der Waals surface area (Å²) in [5.41, 5.74) is 1.25. The molecule has 0 saturated carbocycles. The number of benzene rings is 1. The molecule has 0 spiro atoms. The van der Waals surface area contributed by atoms with E-state index in [0.717, 1.165) is 25.2 Å². The molecule has 1 saturated heterocycles. The fraction of sp³-hybridized carbons (Fsp3) is 0.600. The first-order valence-corrected chi connectivity index (χ1v) is 6.88. The van der Waals surface area contributed by atoms with Gasteiger partial charge in [0.25, 0.3) is 0 Å². The first-order chi connectivity index (χ1) is 9.00. The number of aliphatic hydroxyl groups excluding tert-OH is 1. The Morgan fingerprint density at radius 3 is 2.79 bits per heavy atom. The Kier molecular flexibility index (Phi) is 4.42. The summed E-state index contributed by atoms with van der Waals surface area (Å²) in [5.74, 6) is -0.320. The van der Waals surface area contributed by atoms with E-state index in [9.17, 15) is 9.50 Å². The number of piperidine rings is 1. The summed E-state index contributed by atoms with van der Waals surface area (Å²) in [4.78, 5) is 4.41. The van der Waals surface area contributed by atoms with Gasteiger partial charge in [-0.2, -0.15) is 0 Å². The summed E-state index contributed by atoms with van der Waals surface area (Å²) in [7, 11) is 4.16. The molecule has 1 unspecified atom stereocenters. The second kappa shape index (κ2) is 5.88. The fourth-order valence-electron chi connectivity index (χ4n) is 2.81. The molecular weight excluding hydrogens is 243 g/mol. The third-order valence-electron chi connectivity index (χ3n) is 3.92. The highest BCUT2D eigenvalue weighted by molar-refractivity contribution is 5.55. The van der Waals surface area contributed by atoms with Crippen LogP contribution in [0.2, 0.25) is 0 Å². The van der Waals surface area contributed by atoms with Gasteiger partial charge in [-0.25, -0.2) is 4.39 Å². The topological polar surface area (TPSA) is 26.7 Å². The monoisotopic (exact) mass is 266 g/mol. The zero-order valence-corrected chi connectivity index (χ0v) is 11.9. The van der Waals surface area contributed by atoms with E-state index in [-0.39, 0.29) is 5.82 Å². The van der Waals surface area contributed by atoms with Gasteiger partial charge in [-0.1, -0.05) is 6.07 Å². The highest BCUT2D eigenvalue weighted by atomic mass is 19.1. The largest absolute Gasteiger partial charge is 0.389 e. The number of hydrogen-bond acceptors (Lipinski definition) is 3. The van der Waals surface area contributed by atoms with Gasteiger partial charge in [0.1, 0.15) is 5.82 Å². The fourth-order valence-corrected chi connectivity index (χ4v) is 2.81. The number of likely N-dealkylation sites (N-methyl/N-ethyl adjacent to an activating group) is 1. The number of halogens is 1. The summed E-state index contributed by atoms with van der Waals surface area (Å²) >= 11 is 0. The molecule has 1 aliphatic rings. The van der Waals surface area contributed by atoms with Gasteiger partial charge >= 0.3 is 0 Å². The van der Waals surface area contributed by atoms with Crippen molar-refractivity contribution >= 4 is 5.69 Å². The minimum absolute atomic E-state index is 0.320. The molecule has 0 aliphatic carbocycles. The molecule has 106 valence electrons. The number of aliphatic hydroxyl groups is 1. The minimum atomic E-state index is -0.782. The van der Waals surface area contributed by atoms with Crippen LogP contribution >= 0.6 is 0 Å². The lowest BCUT2D eigenvalue weighted by Crippen LogP contribution is -2.45. The van der Waals surface area contributed by atoms with Crippen LogP contribution in [0.1, 0.15) is 31.4 Å². The summed E-state index contributed by atoms with van der Waals surface area (Å²) in [6, 6.07) is 5.52. The van der Waals surface area contributed by atoms with Crippen LogP contribution in [0.3, 0.4) is 0 Å². The molecule has 19 heavy (non-hydrogen) atoms. The Labute approximate surface area is 114 Å². The Hall–Kier alpha value is -1.13. The zero-order chi connectivity index (χ0) is 14.0. The van der Waals surface area contributed by atoms with Crippen molar-refractivity contribution in [3.8, 4) is 0 Å². The lowest BCUT2D eigenvalue weighted by Gasteiger charge is -2.38. The van der Waals surface area contributed by atoms with Crippen molar-refractivity contribution < 1.29 is 9.50 Å². The highest BCUT2D eigenvalue weighted by Gasteiger charge is 2.25. The van der Waals surface area contributed by atoms with E-state index in [2.05, 4.69) is 23.9 Å². The van der Waals surface area contributed by atoms with Gasteiger partial charge in [0.2, 0.25) is 0 Å². The third kappa shape index (κ3) is 3.07. The molecule has 0 amide bonds. The van der Waals surface area contributed by atoms with Gasteiger partial charge in [-0.15, -0.1) is 0 Å². The molecule has 0 aromatic heterocycles. The van der Waals surface area contributed by atoms with Crippen molar-refractivity contribution in [2.75, 3.05) is 32.1 Å². The predicted octanol–water partition coefficient (Wildman–Crippen LogP) is 2.41. The normalized spacial score (nSPS) is 21.8. The van der Waals surface area contributed by atoms with E-state index in [0.29, 0.717) is 11.6 Å². The maximum Gasteiger partial charge on any atom is 0.131 e. The van der Waals surface area contributed by atoms with Crippen molar-refractivity contribution in [3.63, 3.8) is 0 Å². The predicted molar refractivity (Wildman–Crippen MR) is 76.0 cm³/mol. The summed E-state index contributed by atoms with van der Waals surface area (Å²) in [6.07, 6.45) is 1.48. The molecule has 0 bridgehead atoms. The van der Waals surface area contributed by atoms with Crippen molar-refractivity contribution in [2.24, 2.45) is 0 Å². The van der Waals surface area contributed by atoms with Gasteiger partial charge in [-0.05, 0) is 46.0 Å². The molecule has 1 aliphatic heterocycles. The van der Waals surface area contributed by atoms with Crippen LogP contribution in [0.25, 0.3) is 0 Å². The van der Waals surface area contributed by atoms with Crippen molar-refractivity contribution in [1.29, 1.82) is 0 Å². The summed E-state index contributed by atoms with van der Waals surface area (Å²) in [6.45, 7) is 3.43. The van der Waals surface area contributed by atoms with Gasteiger partial charge in [0.05, 0.1) is 6.10 Å². The lowest BCUT2D eigenvalue weighted by molar-refractivity contribution is 0.194.